The first-order valence-corrected chi connectivity index (χ1v) is 9.78. The summed E-state index contributed by atoms with van der Waals surface area (Å²) in [4.78, 5) is 24.1. The highest BCUT2D eigenvalue weighted by atomic mass is 16.6. The van der Waals surface area contributed by atoms with E-state index in [1.54, 1.807) is 25.1 Å². The van der Waals surface area contributed by atoms with Crippen molar-refractivity contribution in [3.8, 4) is 23.3 Å². The standard InChI is InChI=1S/C24H25NO6/c1-5-29-24(27)18(14-25)12-17-10-11-21(22(13-17)28-4)31-23(26)15-30-20-9-7-6-8-19(20)16(2)3/h6-13,16H,5,15H2,1-4H3/b18-12+. The van der Waals surface area contributed by atoms with Gasteiger partial charge >= 0.3 is 11.9 Å². The van der Waals surface area contributed by atoms with Gasteiger partial charge in [-0.2, -0.15) is 5.26 Å². The van der Waals surface area contributed by atoms with Gasteiger partial charge in [0.2, 0.25) is 0 Å². The topological polar surface area (TPSA) is 94.9 Å². The molecule has 0 amide bonds. The third-order valence-electron chi connectivity index (χ3n) is 4.22. The third kappa shape index (κ3) is 6.61. The first-order chi connectivity index (χ1) is 14.9. The zero-order valence-electron chi connectivity index (χ0n) is 18.0. The van der Waals surface area contributed by atoms with Crippen molar-refractivity contribution in [1.82, 2.24) is 0 Å². The highest BCUT2D eigenvalue weighted by molar-refractivity contribution is 5.98. The van der Waals surface area contributed by atoms with Gasteiger partial charge in [0.1, 0.15) is 17.4 Å². The van der Waals surface area contributed by atoms with Gasteiger partial charge in [0, 0.05) is 0 Å². The van der Waals surface area contributed by atoms with Crippen LogP contribution < -0.4 is 14.2 Å². The van der Waals surface area contributed by atoms with E-state index in [1.165, 1.54) is 19.3 Å². The lowest BCUT2D eigenvalue weighted by Gasteiger charge is -2.14. The van der Waals surface area contributed by atoms with Crippen LogP contribution >= 0.6 is 0 Å². The lowest BCUT2D eigenvalue weighted by atomic mass is 10.0. The lowest BCUT2D eigenvalue weighted by Crippen LogP contribution is -2.18. The predicted octanol–water partition coefficient (Wildman–Crippen LogP) is 4.27. The number of carbonyl (C=O) groups excluding carboxylic acids is 2. The van der Waals surface area contributed by atoms with Crippen molar-refractivity contribution in [1.29, 1.82) is 5.26 Å². The normalized spacial score (nSPS) is 10.9. The van der Waals surface area contributed by atoms with Crippen LogP contribution in [0.5, 0.6) is 17.2 Å². The number of nitrogens with zero attached hydrogens (tertiary/aromatic N) is 1. The van der Waals surface area contributed by atoms with Crippen LogP contribution in [0.2, 0.25) is 0 Å². The van der Waals surface area contributed by atoms with Crippen molar-refractivity contribution < 1.29 is 28.5 Å². The van der Waals surface area contributed by atoms with Crippen molar-refractivity contribution >= 4 is 18.0 Å². The van der Waals surface area contributed by atoms with E-state index in [2.05, 4.69) is 0 Å². The number of para-hydroxylation sites is 1. The number of hydrogen-bond acceptors (Lipinski definition) is 7. The second-order valence-electron chi connectivity index (χ2n) is 6.76. The van der Waals surface area contributed by atoms with Crippen LogP contribution in [-0.4, -0.2) is 32.3 Å². The molecule has 2 aromatic carbocycles. The second kappa shape index (κ2) is 11.4. The minimum Gasteiger partial charge on any atom is -0.493 e. The summed E-state index contributed by atoms with van der Waals surface area (Å²) in [5.74, 6) is 0.0410. The summed E-state index contributed by atoms with van der Waals surface area (Å²) in [5.41, 5.74) is 1.37. The van der Waals surface area contributed by atoms with Gasteiger partial charge in [-0.1, -0.05) is 38.1 Å². The van der Waals surface area contributed by atoms with Crippen molar-refractivity contribution in [3.63, 3.8) is 0 Å². The molecule has 162 valence electrons. The number of carbonyl (C=O) groups is 2. The van der Waals surface area contributed by atoms with Crippen LogP contribution in [0, 0.1) is 11.3 Å². The van der Waals surface area contributed by atoms with Crippen LogP contribution in [-0.2, 0) is 14.3 Å². The Hall–Kier alpha value is -3.79. The molecule has 0 spiro atoms. The summed E-state index contributed by atoms with van der Waals surface area (Å²) in [6.45, 7) is 5.64. The number of benzene rings is 2. The zero-order chi connectivity index (χ0) is 22.8. The maximum absolute atomic E-state index is 12.3. The molecule has 0 N–H and O–H groups in total. The predicted molar refractivity (Wildman–Crippen MR) is 115 cm³/mol. The number of ether oxygens (including phenoxy) is 4. The van der Waals surface area contributed by atoms with Crippen molar-refractivity contribution in [2.75, 3.05) is 20.3 Å². The molecule has 0 heterocycles. The van der Waals surface area contributed by atoms with Crippen LogP contribution in [0.15, 0.2) is 48.0 Å². The van der Waals surface area contributed by atoms with Gasteiger partial charge in [-0.3, -0.25) is 0 Å². The van der Waals surface area contributed by atoms with Crippen molar-refractivity contribution in [2.24, 2.45) is 0 Å². The summed E-state index contributed by atoms with van der Waals surface area (Å²) in [6, 6.07) is 14.0. The fourth-order valence-corrected chi connectivity index (χ4v) is 2.75. The average molecular weight is 423 g/mol. The van der Waals surface area contributed by atoms with Gasteiger partial charge in [0.15, 0.2) is 18.1 Å². The molecule has 0 unspecified atom stereocenters. The van der Waals surface area contributed by atoms with Crippen LogP contribution in [0.1, 0.15) is 37.8 Å². The lowest BCUT2D eigenvalue weighted by molar-refractivity contribution is -0.138. The van der Waals surface area contributed by atoms with E-state index in [9.17, 15) is 9.59 Å². The Balaban J connectivity index is 2.11. The molecule has 2 aromatic rings. The number of rotatable bonds is 9. The first kappa shape index (κ1) is 23.5. The summed E-state index contributed by atoms with van der Waals surface area (Å²) in [6.07, 6.45) is 1.37. The van der Waals surface area contributed by atoms with E-state index in [4.69, 9.17) is 24.2 Å². The molecular formula is C24H25NO6. The van der Waals surface area contributed by atoms with E-state index in [0.717, 1.165) is 5.56 Å². The number of hydrogen-bond donors (Lipinski definition) is 0. The highest BCUT2D eigenvalue weighted by Crippen LogP contribution is 2.30. The Morgan fingerprint density at radius 1 is 1.10 bits per heavy atom. The van der Waals surface area contributed by atoms with Gasteiger partial charge < -0.3 is 18.9 Å². The molecule has 0 saturated carbocycles. The van der Waals surface area contributed by atoms with E-state index in [0.29, 0.717) is 11.3 Å². The van der Waals surface area contributed by atoms with Gasteiger partial charge in [0.25, 0.3) is 0 Å². The molecule has 0 bridgehead atoms. The Kier molecular flexibility index (Phi) is 8.64. The highest BCUT2D eigenvalue weighted by Gasteiger charge is 2.15. The Morgan fingerprint density at radius 3 is 2.48 bits per heavy atom. The number of nitriles is 1. The Morgan fingerprint density at radius 2 is 1.84 bits per heavy atom. The molecule has 0 atom stereocenters. The van der Waals surface area contributed by atoms with E-state index in [-0.39, 0.29) is 36.2 Å². The third-order valence-corrected chi connectivity index (χ3v) is 4.22. The molecule has 0 aliphatic rings. The summed E-state index contributed by atoms with van der Waals surface area (Å²) < 4.78 is 21.1. The van der Waals surface area contributed by atoms with Gasteiger partial charge in [-0.15, -0.1) is 0 Å². The van der Waals surface area contributed by atoms with Crippen molar-refractivity contribution in [2.45, 2.75) is 26.7 Å². The molecule has 0 saturated heterocycles. The monoisotopic (exact) mass is 423 g/mol. The van der Waals surface area contributed by atoms with Gasteiger partial charge in [-0.05, 0) is 48.2 Å². The maximum Gasteiger partial charge on any atom is 0.349 e. The zero-order valence-corrected chi connectivity index (χ0v) is 18.0. The van der Waals surface area contributed by atoms with Crippen LogP contribution in [0.4, 0.5) is 0 Å². The quantitative estimate of drug-likeness (QED) is 0.257. The minimum atomic E-state index is -0.710. The van der Waals surface area contributed by atoms with Gasteiger partial charge in [-0.25, -0.2) is 9.59 Å². The summed E-state index contributed by atoms with van der Waals surface area (Å²) in [7, 11) is 1.42. The fraction of sp³-hybridized carbons (Fsp3) is 0.292. The molecule has 2 rings (SSSR count). The molecule has 0 fully saturated rings. The molecule has 31 heavy (non-hydrogen) atoms. The first-order valence-electron chi connectivity index (χ1n) is 9.78. The molecule has 7 heteroatoms. The Labute approximate surface area is 181 Å². The van der Waals surface area contributed by atoms with Crippen LogP contribution in [0.25, 0.3) is 6.08 Å². The van der Waals surface area contributed by atoms with E-state index >= 15 is 0 Å². The molecule has 7 nitrogen and oxygen atoms in total. The smallest absolute Gasteiger partial charge is 0.349 e. The second-order valence-corrected chi connectivity index (χ2v) is 6.76. The summed E-state index contributed by atoms with van der Waals surface area (Å²) >= 11 is 0. The van der Waals surface area contributed by atoms with E-state index in [1.807, 2.05) is 38.1 Å². The largest absolute Gasteiger partial charge is 0.493 e. The molecule has 0 aliphatic carbocycles. The molecule has 0 aliphatic heterocycles. The van der Waals surface area contributed by atoms with E-state index < -0.39 is 11.9 Å². The van der Waals surface area contributed by atoms with Gasteiger partial charge in [0.05, 0.1) is 13.7 Å². The maximum atomic E-state index is 12.3. The van der Waals surface area contributed by atoms with Crippen molar-refractivity contribution in [3.05, 3.63) is 59.2 Å². The fourth-order valence-electron chi connectivity index (χ4n) is 2.75. The summed E-state index contributed by atoms with van der Waals surface area (Å²) in [5, 5.41) is 9.16. The number of esters is 2. The molecule has 0 aromatic heterocycles. The number of methoxy groups -OCH3 is 1. The minimum absolute atomic E-state index is 0.147. The Bertz CT molecular complexity index is 1000. The average Bonchev–Trinajstić information content (AvgIpc) is 2.77. The van der Waals surface area contributed by atoms with Crippen LogP contribution in [0.3, 0.4) is 0 Å². The molecule has 0 radical (unpaired) electrons. The molecular weight excluding hydrogens is 398 g/mol. The SMILES string of the molecule is CCOC(=O)/C(C#N)=C/c1ccc(OC(=O)COc2ccccc2C(C)C)c(OC)c1.